The first kappa shape index (κ1) is 8.67. The molecule has 0 aliphatic heterocycles. The number of thiophene rings is 1. The quantitative estimate of drug-likeness (QED) is 0.534. The van der Waals surface area contributed by atoms with Crippen LogP contribution in [0, 0.1) is 0 Å². The maximum absolute atomic E-state index is 9.85. The van der Waals surface area contributed by atoms with Crippen LogP contribution in [-0.4, -0.2) is 12.6 Å². The van der Waals surface area contributed by atoms with E-state index < -0.39 is 0 Å². The van der Waals surface area contributed by atoms with E-state index in [0.29, 0.717) is 6.54 Å². The van der Waals surface area contributed by atoms with Crippen LogP contribution in [0.4, 0.5) is 0 Å². The standard InChI is InChI=1S/C10H11NOS/c12-7-11-5-4-9-6-8-2-1-3-10(8)13-9/h6H,1-5H2. The van der Waals surface area contributed by atoms with Crippen molar-refractivity contribution in [3.05, 3.63) is 21.4 Å². The number of hydrogen-bond donors (Lipinski definition) is 0. The van der Waals surface area contributed by atoms with Gasteiger partial charge < -0.3 is 0 Å². The molecule has 0 aromatic carbocycles. The molecule has 3 heteroatoms. The molecule has 0 atom stereocenters. The average Bonchev–Trinajstić information content (AvgIpc) is 2.64. The smallest absolute Gasteiger partial charge is 0.211 e. The van der Waals surface area contributed by atoms with Crippen molar-refractivity contribution in [3.8, 4) is 0 Å². The van der Waals surface area contributed by atoms with Crippen LogP contribution in [0.2, 0.25) is 0 Å². The number of isocyanates is 1. The number of aryl methyl sites for hydroxylation is 2. The monoisotopic (exact) mass is 193 g/mol. The molecule has 0 saturated heterocycles. The van der Waals surface area contributed by atoms with Gasteiger partial charge in [-0.15, -0.1) is 11.3 Å². The first-order valence-corrected chi connectivity index (χ1v) is 5.36. The number of nitrogens with zero attached hydrogens (tertiary/aromatic N) is 1. The summed E-state index contributed by atoms with van der Waals surface area (Å²) in [5.74, 6) is 0. The minimum atomic E-state index is 0.586. The molecule has 0 N–H and O–H groups in total. The van der Waals surface area contributed by atoms with Crippen LogP contribution in [0.1, 0.15) is 21.7 Å². The number of fused-ring (bicyclic) bond motifs is 1. The molecule has 0 bridgehead atoms. The van der Waals surface area contributed by atoms with Crippen LogP contribution in [-0.2, 0) is 24.1 Å². The summed E-state index contributed by atoms with van der Waals surface area (Å²) in [7, 11) is 0. The molecule has 2 rings (SSSR count). The van der Waals surface area contributed by atoms with Gasteiger partial charge in [0, 0.05) is 16.2 Å². The number of hydrogen-bond acceptors (Lipinski definition) is 3. The number of rotatable bonds is 3. The summed E-state index contributed by atoms with van der Waals surface area (Å²) in [6.07, 6.45) is 6.26. The molecule has 68 valence electrons. The van der Waals surface area contributed by atoms with Gasteiger partial charge >= 0.3 is 0 Å². The molecule has 2 nitrogen and oxygen atoms in total. The van der Waals surface area contributed by atoms with Crippen molar-refractivity contribution in [2.75, 3.05) is 6.54 Å². The van der Waals surface area contributed by atoms with E-state index in [0.717, 1.165) is 6.42 Å². The number of aliphatic imine (C=N–C) groups is 1. The minimum Gasteiger partial charge on any atom is -0.211 e. The van der Waals surface area contributed by atoms with E-state index in [4.69, 9.17) is 0 Å². The van der Waals surface area contributed by atoms with E-state index in [9.17, 15) is 4.79 Å². The summed E-state index contributed by atoms with van der Waals surface area (Å²) in [4.78, 5) is 16.3. The maximum Gasteiger partial charge on any atom is 0.234 e. The lowest BCUT2D eigenvalue weighted by molar-refractivity contribution is 0.563. The van der Waals surface area contributed by atoms with Crippen molar-refractivity contribution in [1.82, 2.24) is 0 Å². The van der Waals surface area contributed by atoms with Crippen LogP contribution < -0.4 is 0 Å². The second kappa shape index (κ2) is 3.86. The third-order valence-corrected chi connectivity index (χ3v) is 3.63. The Morgan fingerprint density at radius 3 is 3.23 bits per heavy atom. The summed E-state index contributed by atoms with van der Waals surface area (Å²) in [6, 6.07) is 2.27. The average molecular weight is 193 g/mol. The van der Waals surface area contributed by atoms with Crippen molar-refractivity contribution in [1.29, 1.82) is 0 Å². The normalized spacial score (nSPS) is 13.8. The highest BCUT2D eigenvalue weighted by molar-refractivity contribution is 7.12. The molecule has 1 aromatic heterocycles. The van der Waals surface area contributed by atoms with E-state index in [-0.39, 0.29) is 0 Å². The van der Waals surface area contributed by atoms with E-state index in [1.54, 1.807) is 11.0 Å². The fraction of sp³-hybridized carbons (Fsp3) is 0.500. The maximum atomic E-state index is 9.85. The number of carbonyl (C=O) groups excluding carboxylic acids is 1. The third-order valence-electron chi connectivity index (χ3n) is 2.33. The van der Waals surface area contributed by atoms with Crippen LogP contribution in [0.5, 0.6) is 0 Å². The Bertz CT molecular complexity index is 328. The highest BCUT2D eigenvalue weighted by Crippen LogP contribution is 2.30. The van der Waals surface area contributed by atoms with Crippen molar-refractivity contribution in [3.63, 3.8) is 0 Å². The molecular weight excluding hydrogens is 182 g/mol. The molecule has 0 spiro atoms. The lowest BCUT2D eigenvalue weighted by Crippen LogP contribution is -1.84. The fourth-order valence-corrected chi connectivity index (χ4v) is 2.98. The second-order valence-corrected chi connectivity index (χ2v) is 4.46. The van der Waals surface area contributed by atoms with Gasteiger partial charge in [-0.1, -0.05) is 0 Å². The molecule has 1 aliphatic rings. The van der Waals surface area contributed by atoms with Crippen LogP contribution in [0.3, 0.4) is 0 Å². The zero-order valence-electron chi connectivity index (χ0n) is 7.38. The largest absolute Gasteiger partial charge is 0.234 e. The first-order valence-electron chi connectivity index (χ1n) is 4.54. The highest BCUT2D eigenvalue weighted by Gasteiger charge is 2.13. The van der Waals surface area contributed by atoms with Crippen molar-refractivity contribution in [2.24, 2.45) is 4.99 Å². The lowest BCUT2D eigenvalue weighted by atomic mass is 10.2. The molecule has 1 heterocycles. The Kier molecular flexibility index (Phi) is 2.57. The molecule has 0 fully saturated rings. The van der Waals surface area contributed by atoms with Crippen molar-refractivity contribution >= 4 is 17.4 Å². The Balaban J connectivity index is 2.02. The zero-order chi connectivity index (χ0) is 9.10. The molecule has 1 aliphatic carbocycles. The van der Waals surface area contributed by atoms with Gasteiger partial charge in [-0.2, -0.15) is 0 Å². The lowest BCUT2D eigenvalue weighted by Gasteiger charge is -1.90. The van der Waals surface area contributed by atoms with Crippen LogP contribution in [0.15, 0.2) is 11.1 Å². The minimum absolute atomic E-state index is 0.586. The van der Waals surface area contributed by atoms with Gasteiger partial charge in [-0.05, 0) is 30.9 Å². The van der Waals surface area contributed by atoms with Gasteiger partial charge in [-0.25, -0.2) is 9.79 Å². The molecule has 1 aromatic rings. The van der Waals surface area contributed by atoms with Gasteiger partial charge in [0.1, 0.15) is 0 Å². The van der Waals surface area contributed by atoms with E-state index in [2.05, 4.69) is 11.1 Å². The molecule has 0 saturated carbocycles. The Morgan fingerprint density at radius 1 is 1.54 bits per heavy atom. The van der Waals surface area contributed by atoms with Gasteiger partial charge in [0.15, 0.2) is 0 Å². The van der Waals surface area contributed by atoms with Gasteiger partial charge in [-0.3, -0.25) is 0 Å². The first-order chi connectivity index (χ1) is 6.40. The predicted octanol–water partition coefficient (Wildman–Crippen LogP) is 2.12. The van der Waals surface area contributed by atoms with E-state index in [1.807, 2.05) is 11.3 Å². The van der Waals surface area contributed by atoms with Gasteiger partial charge in [0.25, 0.3) is 0 Å². The van der Waals surface area contributed by atoms with Crippen molar-refractivity contribution < 1.29 is 4.79 Å². The van der Waals surface area contributed by atoms with Crippen molar-refractivity contribution in [2.45, 2.75) is 25.7 Å². The molecule has 0 amide bonds. The third kappa shape index (κ3) is 1.87. The summed E-state index contributed by atoms with van der Waals surface area (Å²) >= 11 is 1.88. The molecule has 0 unspecified atom stereocenters. The predicted molar refractivity (Wildman–Crippen MR) is 53.0 cm³/mol. The Labute approximate surface area is 81.3 Å². The SMILES string of the molecule is O=C=NCCc1cc2c(s1)CCC2. The summed E-state index contributed by atoms with van der Waals surface area (Å²) in [5.41, 5.74) is 1.52. The Morgan fingerprint density at radius 2 is 2.46 bits per heavy atom. The summed E-state index contributed by atoms with van der Waals surface area (Å²) in [6.45, 7) is 0.586. The van der Waals surface area contributed by atoms with Gasteiger partial charge in [0.2, 0.25) is 6.08 Å². The molecular formula is C10H11NOS. The highest BCUT2D eigenvalue weighted by atomic mass is 32.1. The molecule has 13 heavy (non-hydrogen) atoms. The van der Waals surface area contributed by atoms with Gasteiger partial charge in [0.05, 0.1) is 6.54 Å². The van der Waals surface area contributed by atoms with Crippen LogP contribution in [0.25, 0.3) is 0 Å². The second-order valence-electron chi connectivity index (χ2n) is 3.24. The zero-order valence-corrected chi connectivity index (χ0v) is 8.19. The topological polar surface area (TPSA) is 29.4 Å². The van der Waals surface area contributed by atoms with Crippen LogP contribution >= 0.6 is 11.3 Å². The summed E-state index contributed by atoms with van der Waals surface area (Å²) in [5, 5.41) is 0. The van der Waals surface area contributed by atoms with E-state index in [1.165, 1.54) is 29.7 Å². The summed E-state index contributed by atoms with van der Waals surface area (Å²) < 4.78 is 0. The Hall–Kier alpha value is -0.920. The molecule has 0 radical (unpaired) electrons. The fourth-order valence-electron chi connectivity index (χ4n) is 1.73. The van der Waals surface area contributed by atoms with E-state index >= 15 is 0 Å².